The van der Waals surface area contributed by atoms with Crippen LogP contribution in [-0.2, 0) is 10.0 Å². The van der Waals surface area contributed by atoms with Crippen molar-refractivity contribution >= 4 is 38.1 Å². The Balaban J connectivity index is 1.42. The summed E-state index contributed by atoms with van der Waals surface area (Å²) in [5.74, 6) is 1.50. The van der Waals surface area contributed by atoms with Crippen molar-refractivity contribution < 1.29 is 8.42 Å². The minimum absolute atomic E-state index is 0.206. The SMILES string of the molecule is N#Cc1ccc(S(=O)(=O)N2CCN(c3nc(-c4ccsc4)nc4ccccc34)CC2)cc1. The zero-order chi connectivity index (χ0) is 22.1. The molecule has 32 heavy (non-hydrogen) atoms. The van der Waals surface area contributed by atoms with Gasteiger partial charge in [-0.3, -0.25) is 0 Å². The lowest BCUT2D eigenvalue weighted by Crippen LogP contribution is -2.49. The number of nitrogens with zero attached hydrogens (tertiary/aromatic N) is 5. The fraction of sp³-hybridized carbons (Fsp3) is 0.174. The highest BCUT2D eigenvalue weighted by Gasteiger charge is 2.29. The highest BCUT2D eigenvalue weighted by molar-refractivity contribution is 7.89. The van der Waals surface area contributed by atoms with E-state index in [1.165, 1.54) is 28.6 Å². The van der Waals surface area contributed by atoms with E-state index in [0.717, 1.165) is 22.3 Å². The molecule has 1 aliphatic rings. The molecule has 0 atom stereocenters. The van der Waals surface area contributed by atoms with E-state index in [-0.39, 0.29) is 4.90 Å². The van der Waals surface area contributed by atoms with Gasteiger partial charge in [0.25, 0.3) is 0 Å². The molecule has 0 radical (unpaired) electrons. The van der Waals surface area contributed by atoms with Crippen molar-refractivity contribution in [2.75, 3.05) is 31.1 Å². The van der Waals surface area contributed by atoms with Gasteiger partial charge in [0.15, 0.2) is 5.82 Å². The molecular formula is C23H19N5O2S2. The van der Waals surface area contributed by atoms with Gasteiger partial charge in [0.05, 0.1) is 22.0 Å². The van der Waals surface area contributed by atoms with Gasteiger partial charge in [-0.1, -0.05) is 12.1 Å². The first-order valence-electron chi connectivity index (χ1n) is 10.1. The molecule has 4 aromatic rings. The number of anilines is 1. The number of para-hydroxylation sites is 1. The van der Waals surface area contributed by atoms with Crippen molar-refractivity contribution in [3.05, 3.63) is 70.9 Å². The Hall–Kier alpha value is -3.32. The van der Waals surface area contributed by atoms with Crippen LogP contribution in [0.3, 0.4) is 0 Å². The lowest BCUT2D eigenvalue weighted by molar-refractivity contribution is 0.384. The number of sulfonamides is 1. The molecule has 0 N–H and O–H groups in total. The molecule has 2 aromatic heterocycles. The van der Waals surface area contributed by atoms with Crippen LogP contribution >= 0.6 is 11.3 Å². The number of hydrogen-bond acceptors (Lipinski definition) is 7. The summed E-state index contributed by atoms with van der Waals surface area (Å²) in [4.78, 5) is 11.9. The molecule has 3 heterocycles. The summed E-state index contributed by atoms with van der Waals surface area (Å²) in [7, 11) is -3.61. The third-order valence-corrected chi connectivity index (χ3v) is 8.12. The van der Waals surface area contributed by atoms with Crippen molar-refractivity contribution in [3.63, 3.8) is 0 Å². The summed E-state index contributed by atoms with van der Waals surface area (Å²) < 4.78 is 27.6. The van der Waals surface area contributed by atoms with E-state index in [2.05, 4.69) is 4.90 Å². The number of piperazine rings is 1. The average Bonchev–Trinajstić information content (AvgIpc) is 3.39. The fourth-order valence-corrected chi connectivity index (χ4v) is 5.87. The smallest absolute Gasteiger partial charge is 0.243 e. The van der Waals surface area contributed by atoms with E-state index in [1.807, 2.05) is 47.2 Å². The van der Waals surface area contributed by atoms with E-state index < -0.39 is 10.0 Å². The van der Waals surface area contributed by atoms with Gasteiger partial charge in [0, 0.05) is 42.5 Å². The lowest BCUT2D eigenvalue weighted by Gasteiger charge is -2.35. The van der Waals surface area contributed by atoms with Gasteiger partial charge in [-0.15, -0.1) is 0 Å². The molecular weight excluding hydrogens is 442 g/mol. The molecule has 1 fully saturated rings. The van der Waals surface area contributed by atoms with E-state index in [1.54, 1.807) is 11.3 Å². The van der Waals surface area contributed by atoms with Crippen molar-refractivity contribution in [1.82, 2.24) is 14.3 Å². The van der Waals surface area contributed by atoms with E-state index in [9.17, 15) is 8.42 Å². The quantitative estimate of drug-likeness (QED) is 0.460. The largest absolute Gasteiger partial charge is 0.353 e. The normalized spacial score (nSPS) is 15.0. The van der Waals surface area contributed by atoms with Crippen LogP contribution in [0.4, 0.5) is 5.82 Å². The standard InChI is InChI=1S/C23H19N5O2S2/c24-15-17-5-7-19(8-6-17)32(29,30)28-12-10-27(11-13-28)23-20-3-1-2-4-21(20)25-22(26-23)18-9-14-31-16-18/h1-9,14,16H,10-13H2. The van der Waals surface area contributed by atoms with Crippen LogP contribution in [0.1, 0.15) is 5.56 Å². The average molecular weight is 462 g/mol. The number of benzene rings is 2. The van der Waals surface area contributed by atoms with E-state index in [0.29, 0.717) is 37.6 Å². The number of nitriles is 1. The molecule has 7 nitrogen and oxygen atoms in total. The second-order valence-corrected chi connectivity index (χ2v) is 10.1. The van der Waals surface area contributed by atoms with Gasteiger partial charge in [0.1, 0.15) is 5.82 Å². The molecule has 9 heteroatoms. The minimum Gasteiger partial charge on any atom is -0.353 e. The topological polar surface area (TPSA) is 90.2 Å². The maximum absolute atomic E-state index is 13.1. The van der Waals surface area contributed by atoms with Gasteiger partial charge in [0.2, 0.25) is 10.0 Å². The van der Waals surface area contributed by atoms with Crippen molar-refractivity contribution in [3.8, 4) is 17.5 Å². The first kappa shape index (κ1) is 20.6. The molecule has 2 aromatic carbocycles. The summed E-state index contributed by atoms with van der Waals surface area (Å²) in [5, 5.41) is 13.9. The van der Waals surface area contributed by atoms with Crippen LogP contribution < -0.4 is 4.90 Å². The Morgan fingerprint density at radius 2 is 1.69 bits per heavy atom. The number of fused-ring (bicyclic) bond motifs is 1. The molecule has 1 aliphatic heterocycles. The number of rotatable bonds is 4. The van der Waals surface area contributed by atoms with Crippen LogP contribution in [0, 0.1) is 11.3 Å². The molecule has 0 saturated carbocycles. The van der Waals surface area contributed by atoms with Gasteiger partial charge >= 0.3 is 0 Å². The Morgan fingerprint density at radius 1 is 0.938 bits per heavy atom. The predicted molar refractivity (Wildman–Crippen MR) is 125 cm³/mol. The van der Waals surface area contributed by atoms with Crippen molar-refractivity contribution in [1.29, 1.82) is 5.26 Å². The van der Waals surface area contributed by atoms with Gasteiger partial charge in [-0.25, -0.2) is 18.4 Å². The maximum Gasteiger partial charge on any atom is 0.243 e. The number of thiophene rings is 1. The third kappa shape index (κ3) is 3.73. The molecule has 0 bridgehead atoms. The van der Waals surface area contributed by atoms with Gasteiger partial charge in [-0.05, 0) is 47.8 Å². The van der Waals surface area contributed by atoms with Crippen molar-refractivity contribution in [2.45, 2.75) is 4.90 Å². The van der Waals surface area contributed by atoms with Crippen LogP contribution in [0.5, 0.6) is 0 Å². The first-order valence-corrected chi connectivity index (χ1v) is 12.5. The number of aromatic nitrogens is 2. The zero-order valence-electron chi connectivity index (χ0n) is 17.0. The molecule has 0 unspecified atom stereocenters. The lowest BCUT2D eigenvalue weighted by atomic mass is 10.2. The monoisotopic (exact) mass is 461 g/mol. The fourth-order valence-electron chi connectivity index (χ4n) is 3.81. The number of hydrogen-bond donors (Lipinski definition) is 0. The Labute approximate surface area is 190 Å². The summed E-state index contributed by atoms with van der Waals surface area (Å²) in [6.45, 7) is 1.77. The molecule has 160 valence electrons. The van der Waals surface area contributed by atoms with Crippen LogP contribution in [-0.4, -0.2) is 48.9 Å². The molecule has 5 rings (SSSR count). The van der Waals surface area contributed by atoms with E-state index >= 15 is 0 Å². The Morgan fingerprint density at radius 3 is 2.38 bits per heavy atom. The van der Waals surface area contributed by atoms with Crippen LogP contribution in [0.25, 0.3) is 22.3 Å². The van der Waals surface area contributed by atoms with Gasteiger partial charge in [-0.2, -0.15) is 20.9 Å². The summed E-state index contributed by atoms with van der Waals surface area (Å²) in [5.41, 5.74) is 2.28. The summed E-state index contributed by atoms with van der Waals surface area (Å²) >= 11 is 1.60. The molecule has 0 spiro atoms. The Kier molecular flexibility index (Phi) is 5.35. The first-order chi connectivity index (χ1) is 15.6. The minimum atomic E-state index is -3.61. The highest BCUT2D eigenvalue weighted by atomic mass is 32.2. The molecule has 0 amide bonds. The van der Waals surface area contributed by atoms with Crippen molar-refractivity contribution in [2.24, 2.45) is 0 Å². The Bertz CT molecular complexity index is 1400. The molecule has 1 saturated heterocycles. The predicted octanol–water partition coefficient (Wildman–Crippen LogP) is 3.74. The van der Waals surface area contributed by atoms with Crippen LogP contribution in [0.2, 0.25) is 0 Å². The van der Waals surface area contributed by atoms with Crippen LogP contribution in [0.15, 0.2) is 70.3 Å². The van der Waals surface area contributed by atoms with Gasteiger partial charge < -0.3 is 4.90 Å². The zero-order valence-corrected chi connectivity index (χ0v) is 18.7. The second kappa shape index (κ2) is 8.31. The second-order valence-electron chi connectivity index (χ2n) is 7.43. The highest BCUT2D eigenvalue weighted by Crippen LogP contribution is 2.29. The maximum atomic E-state index is 13.1. The van der Waals surface area contributed by atoms with E-state index in [4.69, 9.17) is 15.2 Å². The summed E-state index contributed by atoms with van der Waals surface area (Å²) in [6, 6.07) is 18.0. The summed E-state index contributed by atoms with van der Waals surface area (Å²) in [6.07, 6.45) is 0. The molecule has 0 aliphatic carbocycles. The third-order valence-electron chi connectivity index (χ3n) is 5.52.